The SMILES string of the molecule is Cc1cc(SC(C)C(=O)Nc2cccc(S(=O)(=O)N(C)C)c2)nc(C)n1. The molecule has 140 valence electrons. The van der Waals surface area contributed by atoms with Gasteiger partial charge in [0.1, 0.15) is 10.9 Å². The average Bonchev–Trinajstić information content (AvgIpc) is 2.53. The molecule has 7 nitrogen and oxygen atoms in total. The topological polar surface area (TPSA) is 92.3 Å². The first-order valence-electron chi connectivity index (χ1n) is 7.92. The number of nitrogens with one attached hydrogen (secondary N) is 1. The lowest BCUT2D eigenvalue weighted by Crippen LogP contribution is -2.24. The van der Waals surface area contributed by atoms with Crippen LogP contribution in [0, 0.1) is 13.8 Å². The van der Waals surface area contributed by atoms with Gasteiger partial charge in [0, 0.05) is 25.5 Å². The molecule has 1 N–H and O–H groups in total. The smallest absolute Gasteiger partial charge is 0.242 e. The molecule has 26 heavy (non-hydrogen) atoms. The first-order chi connectivity index (χ1) is 12.1. The normalized spacial score (nSPS) is 12.8. The third kappa shape index (κ3) is 5.03. The third-order valence-corrected chi connectivity index (χ3v) is 6.32. The van der Waals surface area contributed by atoms with Crippen molar-refractivity contribution in [3.8, 4) is 0 Å². The molecule has 2 aromatic rings. The van der Waals surface area contributed by atoms with Crippen molar-refractivity contribution in [1.82, 2.24) is 14.3 Å². The lowest BCUT2D eigenvalue weighted by molar-refractivity contribution is -0.115. The Hall–Kier alpha value is -1.97. The largest absolute Gasteiger partial charge is 0.325 e. The molecule has 0 saturated heterocycles. The summed E-state index contributed by atoms with van der Waals surface area (Å²) in [6.45, 7) is 5.45. The molecule has 0 radical (unpaired) electrons. The summed E-state index contributed by atoms with van der Waals surface area (Å²) in [5.74, 6) is 0.421. The molecule has 2 rings (SSSR count). The Morgan fingerprint density at radius 2 is 1.88 bits per heavy atom. The number of thioether (sulfide) groups is 1. The van der Waals surface area contributed by atoms with Crippen molar-refractivity contribution in [3.63, 3.8) is 0 Å². The van der Waals surface area contributed by atoms with Gasteiger partial charge in [-0.2, -0.15) is 0 Å². The summed E-state index contributed by atoms with van der Waals surface area (Å²) in [5.41, 5.74) is 1.27. The minimum Gasteiger partial charge on any atom is -0.325 e. The second-order valence-electron chi connectivity index (χ2n) is 5.96. The van der Waals surface area contributed by atoms with Crippen molar-refractivity contribution in [2.45, 2.75) is 35.9 Å². The second kappa shape index (κ2) is 8.15. The number of aromatic nitrogens is 2. The van der Waals surface area contributed by atoms with Crippen LogP contribution in [0.5, 0.6) is 0 Å². The van der Waals surface area contributed by atoms with Crippen LogP contribution in [0.1, 0.15) is 18.4 Å². The summed E-state index contributed by atoms with van der Waals surface area (Å²) in [4.78, 5) is 21.1. The molecule has 1 unspecified atom stereocenters. The van der Waals surface area contributed by atoms with E-state index in [4.69, 9.17) is 0 Å². The summed E-state index contributed by atoms with van der Waals surface area (Å²) >= 11 is 1.32. The van der Waals surface area contributed by atoms with Crippen LogP contribution >= 0.6 is 11.8 Å². The predicted octanol–water partition coefficient (Wildman–Crippen LogP) is 2.46. The van der Waals surface area contributed by atoms with Crippen LogP contribution in [0.4, 0.5) is 5.69 Å². The Morgan fingerprint density at radius 3 is 2.50 bits per heavy atom. The lowest BCUT2D eigenvalue weighted by Gasteiger charge is -2.14. The predicted molar refractivity (Wildman–Crippen MR) is 103 cm³/mol. The van der Waals surface area contributed by atoms with Crippen molar-refractivity contribution in [2.24, 2.45) is 0 Å². The molecule has 0 aliphatic heterocycles. The summed E-state index contributed by atoms with van der Waals surface area (Å²) < 4.78 is 25.5. The first kappa shape index (κ1) is 20.3. The number of hydrogen-bond acceptors (Lipinski definition) is 6. The number of amides is 1. The molecule has 9 heteroatoms. The van der Waals surface area contributed by atoms with E-state index in [0.717, 1.165) is 15.0 Å². The number of benzene rings is 1. The average molecular weight is 395 g/mol. The van der Waals surface area contributed by atoms with Crippen LogP contribution in [0.25, 0.3) is 0 Å². The Morgan fingerprint density at radius 1 is 1.19 bits per heavy atom. The summed E-state index contributed by atoms with van der Waals surface area (Å²) in [5, 5.41) is 3.08. The monoisotopic (exact) mass is 394 g/mol. The number of carbonyl (C=O) groups excluding carboxylic acids is 1. The number of aryl methyl sites for hydroxylation is 2. The van der Waals surface area contributed by atoms with Gasteiger partial charge >= 0.3 is 0 Å². The maximum absolute atomic E-state index is 12.4. The van der Waals surface area contributed by atoms with Gasteiger partial charge in [-0.15, -0.1) is 0 Å². The Balaban J connectivity index is 2.12. The highest BCUT2D eigenvalue weighted by Gasteiger charge is 2.19. The highest BCUT2D eigenvalue weighted by atomic mass is 32.2. The van der Waals surface area contributed by atoms with Crippen LogP contribution in [0.3, 0.4) is 0 Å². The van der Waals surface area contributed by atoms with Gasteiger partial charge in [0.15, 0.2) is 0 Å². The lowest BCUT2D eigenvalue weighted by atomic mass is 10.3. The van der Waals surface area contributed by atoms with Gasteiger partial charge in [0.25, 0.3) is 0 Å². The first-order valence-corrected chi connectivity index (χ1v) is 10.2. The van der Waals surface area contributed by atoms with Crippen molar-refractivity contribution in [1.29, 1.82) is 0 Å². The van der Waals surface area contributed by atoms with E-state index in [9.17, 15) is 13.2 Å². The van der Waals surface area contributed by atoms with E-state index >= 15 is 0 Å². The zero-order chi connectivity index (χ0) is 19.5. The molecule has 1 heterocycles. The number of sulfonamides is 1. The van der Waals surface area contributed by atoms with Gasteiger partial charge in [-0.1, -0.05) is 17.8 Å². The van der Waals surface area contributed by atoms with Gasteiger partial charge in [0.05, 0.1) is 10.1 Å². The maximum Gasteiger partial charge on any atom is 0.242 e. The van der Waals surface area contributed by atoms with E-state index in [2.05, 4.69) is 15.3 Å². The van der Waals surface area contributed by atoms with Crippen LogP contribution in [-0.4, -0.2) is 47.9 Å². The van der Waals surface area contributed by atoms with E-state index in [1.807, 2.05) is 13.0 Å². The minimum absolute atomic E-state index is 0.127. The number of nitrogens with zero attached hydrogens (tertiary/aromatic N) is 3. The van der Waals surface area contributed by atoms with Crippen LogP contribution in [-0.2, 0) is 14.8 Å². The fraction of sp³-hybridized carbons (Fsp3) is 0.353. The molecule has 1 aromatic heterocycles. The fourth-order valence-electron chi connectivity index (χ4n) is 2.17. The molecular weight excluding hydrogens is 372 g/mol. The van der Waals surface area contributed by atoms with Gasteiger partial charge in [-0.3, -0.25) is 4.79 Å². The van der Waals surface area contributed by atoms with Gasteiger partial charge in [-0.05, 0) is 45.0 Å². The van der Waals surface area contributed by atoms with Gasteiger partial charge in [-0.25, -0.2) is 22.7 Å². The van der Waals surface area contributed by atoms with Crippen molar-refractivity contribution >= 4 is 33.4 Å². The molecule has 0 spiro atoms. The summed E-state index contributed by atoms with van der Waals surface area (Å²) in [6.07, 6.45) is 0. The molecule has 0 bridgehead atoms. The highest BCUT2D eigenvalue weighted by Crippen LogP contribution is 2.24. The van der Waals surface area contributed by atoms with E-state index in [-0.39, 0.29) is 10.8 Å². The molecular formula is C17H22N4O3S2. The Labute approximate surface area is 158 Å². The third-order valence-electron chi connectivity index (χ3n) is 3.49. The van der Waals surface area contributed by atoms with E-state index in [1.54, 1.807) is 26.0 Å². The van der Waals surface area contributed by atoms with E-state index in [0.29, 0.717) is 11.5 Å². The van der Waals surface area contributed by atoms with Gasteiger partial charge < -0.3 is 5.32 Å². The second-order valence-corrected chi connectivity index (χ2v) is 9.47. The molecule has 0 fully saturated rings. The van der Waals surface area contributed by atoms with Crippen molar-refractivity contribution < 1.29 is 13.2 Å². The summed E-state index contributed by atoms with van der Waals surface area (Å²) in [6, 6.07) is 8.02. The van der Waals surface area contributed by atoms with E-state index < -0.39 is 15.3 Å². The minimum atomic E-state index is -3.55. The number of anilines is 1. The van der Waals surface area contributed by atoms with Crippen LogP contribution in [0.2, 0.25) is 0 Å². The van der Waals surface area contributed by atoms with Crippen LogP contribution in [0.15, 0.2) is 40.3 Å². The number of carbonyl (C=O) groups is 1. The fourth-order valence-corrected chi connectivity index (χ4v) is 4.07. The molecule has 1 amide bonds. The Bertz CT molecular complexity index is 894. The molecule has 1 aromatic carbocycles. The Kier molecular flexibility index (Phi) is 6.38. The van der Waals surface area contributed by atoms with Gasteiger partial charge in [0.2, 0.25) is 15.9 Å². The van der Waals surface area contributed by atoms with E-state index in [1.165, 1.54) is 38.0 Å². The maximum atomic E-state index is 12.4. The van der Waals surface area contributed by atoms with Crippen molar-refractivity contribution in [2.75, 3.05) is 19.4 Å². The molecule has 1 atom stereocenters. The number of hydrogen-bond donors (Lipinski definition) is 1. The summed E-state index contributed by atoms with van der Waals surface area (Å²) in [7, 11) is -0.627. The highest BCUT2D eigenvalue weighted by molar-refractivity contribution is 8.00. The molecule has 0 aliphatic carbocycles. The molecule has 0 aliphatic rings. The van der Waals surface area contributed by atoms with Crippen molar-refractivity contribution in [3.05, 3.63) is 41.9 Å². The quantitative estimate of drug-likeness (QED) is 0.598. The van der Waals surface area contributed by atoms with Crippen LogP contribution < -0.4 is 5.32 Å². The number of rotatable bonds is 6. The molecule has 0 saturated carbocycles. The zero-order valence-corrected chi connectivity index (χ0v) is 17.0. The standard InChI is InChI=1S/C17H22N4O3S2/c1-11-9-16(19-13(3)18-11)25-12(2)17(22)20-14-7-6-8-15(10-14)26(23,24)21(4)5/h6-10,12H,1-5H3,(H,20,22). The zero-order valence-electron chi connectivity index (χ0n) is 15.3.